The Bertz CT molecular complexity index is 584. The summed E-state index contributed by atoms with van der Waals surface area (Å²) in [5.41, 5.74) is 0. The van der Waals surface area contributed by atoms with Crippen LogP contribution in [0.25, 0.3) is 0 Å². The first-order chi connectivity index (χ1) is 12.5. The van der Waals surface area contributed by atoms with E-state index in [1.165, 1.54) is 12.1 Å². The number of amides is 2. The molecule has 1 atom stereocenters. The summed E-state index contributed by atoms with van der Waals surface area (Å²) in [5.74, 6) is 0.357. The van der Waals surface area contributed by atoms with Crippen LogP contribution in [-0.2, 0) is 0 Å². The quantitative estimate of drug-likeness (QED) is 0.833. The molecular formula is C19H29FN4O2. The zero-order valence-electron chi connectivity index (χ0n) is 15.7. The molecule has 0 aliphatic carbocycles. The zero-order chi connectivity index (χ0) is 18.5. The van der Waals surface area contributed by atoms with Crippen molar-refractivity contribution in [2.45, 2.75) is 25.5 Å². The fourth-order valence-corrected chi connectivity index (χ4v) is 3.42. The second-order valence-corrected chi connectivity index (χ2v) is 7.19. The van der Waals surface area contributed by atoms with E-state index in [1.807, 2.05) is 0 Å². The molecule has 6 nitrogen and oxygen atoms in total. The molecule has 2 amide bonds. The van der Waals surface area contributed by atoms with E-state index in [9.17, 15) is 9.18 Å². The lowest BCUT2D eigenvalue weighted by atomic mass is 10.1. The van der Waals surface area contributed by atoms with E-state index in [0.717, 1.165) is 32.6 Å². The number of urea groups is 1. The Morgan fingerprint density at radius 1 is 1.23 bits per heavy atom. The third-order valence-corrected chi connectivity index (χ3v) is 5.27. The Labute approximate surface area is 154 Å². The van der Waals surface area contributed by atoms with Gasteiger partial charge in [0.15, 0.2) is 0 Å². The molecule has 1 aromatic rings. The Morgan fingerprint density at radius 2 is 1.88 bits per heavy atom. The molecule has 1 aromatic carbocycles. The first kappa shape index (κ1) is 18.9. The Kier molecular flexibility index (Phi) is 6.32. The van der Waals surface area contributed by atoms with Crippen LogP contribution in [0.1, 0.15) is 13.3 Å². The van der Waals surface area contributed by atoms with Gasteiger partial charge in [0.2, 0.25) is 0 Å². The third kappa shape index (κ3) is 4.86. The van der Waals surface area contributed by atoms with E-state index in [1.54, 1.807) is 17.0 Å². The third-order valence-electron chi connectivity index (χ3n) is 5.27. The van der Waals surface area contributed by atoms with Gasteiger partial charge in [0.05, 0.1) is 13.1 Å². The van der Waals surface area contributed by atoms with Crippen LogP contribution in [0.3, 0.4) is 0 Å². The van der Waals surface area contributed by atoms with Crippen molar-refractivity contribution < 1.29 is 13.9 Å². The summed E-state index contributed by atoms with van der Waals surface area (Å²) < 4.78 is 18.6. The van der Waals surface area contributed by atoms with Gasteiger partial charge in [-0.05, 0) is 37.7 Å². The predicted molar refractivity (Wildman–Crippen MR) is 98.9 cm³/mol. The van der Waals surface area contributed by atoms with Gasteiger partial charge in [-0.1, -0.05) is 6.92 Å². The lowest BCUT2D eigenvalue weighted by molar-refractivity contribution is 0.0429. The number of hydrogen-bond donors (Lipinski definition) is 1. The molecule has 2 aliphatic rings. The summed E-state index contributed by atoms with van der Waals surface area (Å²) in [4.78, 5) is 18.9. The van der Waals surface area contributed by atoms with Gasteiger partial charge in [0.1, 0.15) is 17.7 Å². The van der Waals surface area contributed by atoms with Crippen LogP contribution >= 0.6 is 0 Å². The maximum absolute atomic E-state index is 12.9. The van der Waals surface area contributed by atoms with Gasteiger partial charge >= 0.3 is 6.03 Å². The normalized spacial score (nSPS) is 20.5. The summed E-state index contributed by atoms with van der Waals surface area (Å²) in [5, 5.41) is 3.06. The van der Waals surface area contributed by atoms with Crippen molar-refractivity contribution in [1.82, 2.24) is 20.0 Å². The van der Waals surface area contributed by atoms with E-state index in [0.29, 0.717) is 31.4 Å². The van der Waals surface area contributed by atoms with Crippen molar-refractivity contribution in [2.75, 3.05) is 52.9 Å². The summed E-state index contributed by atoms with van der Waals surface area (Å²) in [6.07, 6.45) is 1.01. The van der Waals surface area contributed by atoms with Crippen LogP contribution < -0.4 is 10.1 Å². The van der Waals surface area contributed by atoms with Crippen molar-refractivity contribution in [2.24, 2.45) is 0 Å². The number of likely N-dealkylation sites (N-methyl/N-ethyl adjacent to an activating group) is 1. The monoisotopic (exact) mass is 364 g/mol. The maximum atomic E-state index is 12.9. The molecule has 3 rings (SSSR count). The number of rotatable bonds is 6. The number of halogens is 1. The number of hydrogen-bond acceptors (Lipinski definition) is 4. The first-order valence-corrected chi connectivity index (χ1v) is 9.42. The van der Waals surface area contributed by atoms with Crippen molar-refractivity contribution in [3.05, 3.63) is 30.1 Å². The summed E-state index contributed by atoms with van der Waals surface area (Å²) >= 11 is 0. The molecule has 0 radical (unpaired) electrons. The van der Waals surface area contributed by atoms with E-state index < -0.39 is 0 Å². The fraction of sp³-hybridized carbons (Fsp3) is 0.632. The number of carbonyl (C=O) groups excluding carboxylic acids is 1. The minimum atomic E-state index is -0.280. The average molecular weight is 364 g/mol. The van der Waals surface area contributed by atoms with Crippen LogP contribution in [0.4, 0.5) is 9.18 Å². The number of piperazine rings is 1. The van der Waals surface area contributed by atoms with Gasteiger partial charge in [0.25, 0.3) is 0 Å². The molecule has 26 heavy (non-hydrogen) atoms. The largest absolute Gasteiger partial charge is 0.487 e. The molecule has 0 aromatic heterocycles. The van der Waals surface area contributed by atoms with E-state index >= 15 is 0 Å². The van der Waals surface area contributed by atoms with Gasteiger partial charge in [-0.15, -0.1) is 0 Å². The van der Waals surface area contributed by atoms with E-state index in [-0.39, 0.29) is 18.0 Å². The molecule has 0 bridgehead atoms. The highest BCUT2D eigenvalue weighted by Crippen LogP contribution is 2.18. The lowest BCUT2D eigenvalue weighted by Gasteiger charge is -2.40. The van der Waals surface area contributed by atoms with Crippen LogP contribution in [-0.4, -0.2) is 85.7 Å². The number of nitrogens with one attached hydrogen (secondary N) is 1. The second-order valence-electron chi connectivity index (χ2n) is 7.19. The van der Waals surface area contributed by atoms with Crippen molar-refractivity contribution in [1.29, 1.82) is 0 Å². The van der Waals surface area contributed by atoms with Crippen LogP contribution in [0, 0.1) is 5.82 Å². The van der Waals surface area contributed by atoms with Gasteiger partial charge in [-0.2, -0.15) is 0 Å². The van der Waals surface area contributed by atoms with Crippen LogP contribution in [0.15, 0.2) is 24.3 Å². The molecule has 2 saturated heterocycles. The Balaban J connectivity index is 1.37. The number of likely N-dealkylation sites (tertiary alicyclic amines) is 1. The van der Waals surface area contributed by atoms with Crippen molar-refractivity contribution in [3.63, 3.8) is 0 Å². The summed E-state index contributed by atoms with van der Waals surface area (Å²) in [7, 11) is 2.15. The second kappa shape index (κ2) is 8.68. The molecule has 2 aliphatic heterocycles. The molecule has 0 saturated carbocycles. The number of nitrogens with zero attached hydrogens (tertiary/aromatic N) is 3. The van der Waals surface area contributed by atoms with Gasteiger partial charge in [-0.25, -0.2) is 9.18 Å². The highest BCUT2D eigenvalue weighted by atomic mass is 19.1. The predicted octanol–water partition coefficient (Wildman–Crippen LogP) is 1.62. The highest BCUT2D eigenvalue weighted by molar-refractivity contribution is 5.75. The van der Waals surface area contributed by atoms with E-state index in [2.05, 4.69) is 29.1 Å². The SMILES string of the molecule is CC[C@@H](CNC(=O)N1CC(Oc2ccc(F)cc2)C1)N1CCN(C)CC1. The van der Waals surface area contributed by atoms with Gasteiger partial charge in [-0.3, -0.25) is 4.90 Å². The minimum Gasteiger partial charge on any atom is -0.487 e. The van der Waals surface area contributed by atoms with Crippen molar-refractivity contribution >= 4 is 6.03 Å². The molecule has 0 unspecified atom stereocenters. The number of benzene rings is 1. The molecular weight excluding hydrogens is 335 g/mol. The smallest absolute Gasteiger partial charge is 0.317 e. The van der Waals surface area contributed by atoms with Crippen LogP contribution in [0.5, 0.6) is 5.75 Å². The number of ether oxygens (including phenoxy) is 1. The average Bonchev–Trinajstić information content (AvgIpc) is 2.61. The van der Waals surface area contributed by atoms with Crippen LogP contribution in [0.2, 0.25) is 0 Å². The maximum Gasteiger partial charge on any atom is 0.317 e. The molecule has 7 heteroatoms. The molecule has 2 fully saturated rings. The lowest BCUT2D eigenvalue weighted by Crippen LogP contribution is -2.60. The molecule has 0 spiro atoms. The standard InChI is InChI=1S/C19H29FN4O2/c1-3-16(23-10-8-22(2)9-11-23)12-21-19(25)24-13-18(14-24)26-17-6-4-15(20)5-7-17/h4-7,16,18H,3,8-14H2,1-2H3,(H,21,25)/t16-/m0/s1. The van der Waals surface area contributed by atoms with Gasteiger partial charge < -0.3 is 19.9 Å². The minimum absolute atomic E-state index is 0.0224. The Hall–Kier alpha value is -1.86. The molecule has 1 N–H and O–H groups in total. The van der Waals surface area contributed by atoms with E-state index in [4.69, 9.17) is 4.74 Å². The first-order valence-electron chi connectivity index (χ1n) is 9.42. The zero-order valence-corrected chi connectivity index (χ0v) is 15.7. The summed E-state index contributed by atoms with van der Waals surface area (Å²) in [6, 6.07) is 6.33. The van der Waals surface area contributed by atoms with Gasteiger partial charge in [0, 0.05) is 38.8 Å². The molecule has 2 heterocycles. The highest BCUT2D eigenvalue weighted by Gasteiger charge is 2.32. The number of carbonyl (C=O) groups is 1. The summed E-state index contributed by atoms with van der Waals surface area (Å²) in [6.45, 7) is 8.26. The topological polar surface area (TPSA) is 48.1 Å². The van der Waals surface area contributed by atoms with Crippen molar-refractivity contribution in [3.8, 4) is 5.75 Å². The molecule has 144 valence electrons. The fourth-order valence-electron chi connectivity index (χ4n) is 3.42. The Morgan fingerprint density at radius 3 is 2.50 bits per heavy atom.